The summed E-state index contributed by atoms with van der Waals surface area (Å²) in [6.45, 7) is 4.65. The Balaban J connectivity index is 2.20. The second-order valence-electron chi connectivity index (χ2n) is 6.10. The van der Waals surface area contributed by atoms with Gasteiger partial charge in [-0.15, -0.1) is 11.6 Å². The maximum absolute atomic E-state index is 9.30. The molecule has 0 amide bonds. The van der Waals surface area contributed by atoms with Crippen molar-refractivity contribution < 1.29 is 0 Å². The van der Waals surface area contributed by atoms with Crippen LogP contribution in [0.4, 0.5) is 0 Å². The molecule has 1 aliphatic rings. The number of alkyl halides is 1. The van der Waals surface area contributed by atoms with Gasteiger partial charge >= 0.3 is 0 Å². The molecule has 1 aromatic carbocycles. The quantitative estimate of drug-likeness (QED) is 0.793. The van der Waals surface area contributed by atoms with E-state index in [1.54, 1.807) is 0 Å². The Morgan fingerprint density at radius 1 is 1.38 bits per heavy atom. The van der Waals surface area contributed by atoms with Crippen LogP contribution in [0.5, 0.6) is 0 Å². The fraction of sp³-hybridized carbons (Fsp3) is 0.529. The fourth-order valence-corrected chi connectivity index (χ4v) is 3.76. The molecule has 0 N–H and O–H groups in total. The van der Waals surface area contributed by atoms with E-state index < -0.39 is 0 Å². The van der Waals surface area contributed by atoms with Crippen molar-refractivity contribution in [2.75, 3.05) is 5.88 Å². The maximum Gasteiger partial charge on any atom is 0.111 e. The van der Waals surface area contributed by atoms with E-state index in [0.717, 1.165) is 29.2 Å². The highest BCUT2D eigenvalue weighted by molar-refractivity contribution is 6.17. The summed E-state index contributed by atoms with van der Waals surface area (Å²) in [6, 6.07) is 8.59. The molecule has 1 aromatic heterocycles. The van der Waals surface area contributed by atoms with E-state index in [9.17, 15) is 5.26 Å². The zero-order valence-corrected chi connectivity index (χ0v) is 13.3. The number of aryl methyl sites for hydroxylation is 1. The summed E-state index contributed by atoms with van der Waals surface area (Å²) < 4.78 is 2.35. The summed E-state index contributed by atoms with van der Waals surface area (Å²) in [4.78, 5) is 4.73. The van der Waals surface area contributed by atoms with Crippen LogP contribution in [0.2, 0.25) is 0 Å². The molecule has 2 aromatic rings. The molecule has 3 rings (SSSR count). The summed E-state index contributed by atoms with van der Waals surface area (Å²) in [5, 5.41) is 9.30. The summed E-state index contributed by atoms with van der Waals surface area (Å²) in [5.41, 5.74) is 2.56. The minimum Gasteiger partial charge on any atom is -0.325 e. The number of halogens is 1. The lowest BCUT2D eigenvalue weighted by Gasteiger charge is -2.22. The smallest absolute Gasteiger partial charge is 0.111 e. The topological polar surface area (TPSA) is 41.6 Å². The van der Waals surface area contributed by atoms with Gasteiger partial charge in [-0.25, -0.2) is 4.98 Å². The molecule has 0 aliphatic heterocycles. The fourth-order valence-electron chi connectivity index (χ4n) is 3.59. The monoisotopic (exact) mass is 301 g/mol. The molecular weight excluding hydrogens is 282 g/mol. The molecule has 1 aliphatic carbocycles. The molecule has 0 spiro atoms. The maximum atomic E-state index is 9.30. The normalized spacial score (nSPS) is 25.3. The van der Waals surface area contributed by atoms with Gasteiger partial charge in [0.1, 0.15) is 17.4 Å². The van der Waals surface area contributed by atoms with E-state index in [1.165, 1.54) is 12.8 Å². The second kappa shape index (κ2) is 5.69. The van der Waals surface area contributed by atoms with Gasteiger partial charge in [-0.1, -0.05) is 19.9 Å². The lowest BCUT2D eigenvalue weighted by molar-refractivity contribution is 0.352. The number of hydrogen-bond donors (Lipinski definition) is 0. The highest BCUT2D eigenvalue weighted by Crippen LogP contribution is 2.42. The van der Waals surface area contributed by atoms with E-state index in [4.69, 9.17) is 16.6 Å². The van der Waals surface area contributed by atoms with Gasteiger partial charge in [0.25, 0.3) is 0 Å². The number of benzene rings is 1. The van der Waals surface area contributed by atoms with Gasteiger partial charge in [0.05, 0.1) is 11.1 Å². The first-order valence-corrected chi connectivity index (χ1v) is 8.16. The van der Waals surface area contributed by atoms with Gasteiger partial charge in [-0.05, 0) is 36.8 Å². The van der Waals surface area contributed by atoms with Crippen molar-refractivity contribution >= 4 is 22.6 Å². The summed E-state index contributed by atoms with van der Waals surface area (Å²) in [7, 11) is 0. The van der Waals surface area contributed by atoms with Gasteiger partial charge in [0.2, 0.25) is 0 Å². The molecule has 0 saturated heterocycles. The zero-order chi connectivity index (χ0) is 15.0. The predicted molar refractivity (Wildman–Crippen MR) is 85.5 cm³/mol. The lowest BCUT2D eigenvalue weighted by Crippen LogP contribution is -2.17. The van der Waals surface area contributed by atoms with Gasteiger partial charge in [0, 0.05) is 18.3 Å². The van der Waals surface area contributed by atoms with Crippen molar-refractivity contribution in [1.82, 2.24) is 9.55 Å². The number of aromatic nitrogens is 2. The molecule has 1 heterocycles. The van der Waals surface area contributed by atoms with Crippen LogP contribution >= 0.6 is 11.6 Å². The highest BCUT2D eigenvalue weighted by Gasteiger charge is 2.33. The third-order valence-corrected chi connectivity index (χ3v) is 5.17. The molecule has 21 heavy (non-hydrogen) atoms. The van der Waals surface area contributed by atoms with Crippen molar-refractivity contribution in [3.8, 4) is 6.07 Å². The Hall–Kier alpha value is -1.53. The minimum absolute atomic E-state index is 0.470. The Morgan fingerprint density at radius 2 is 2.19 bits per heavy atom. The number of hydrogen-bond acceptors (Lipinski definition) is 2. The lowest BCUT2D eigenvalue weighted by atomic mass is 9.97. The van der Waals surface area contributed by atoms with Crippen LogP contribution in [0.1, 0.15) is 44.1 Å². The van der Waals surface area contributed by atoms with Crippen LogP contribution in [-0.4, -0.2) is 15.4 Å². The first-order valence-electron chi connectivity index (χ1n) is 7.63. The number of nitriles is 1. The third kappa shape index (κ3) is 2.32. The molecule has 3 unspecified atom stereocenters. The molecule has 110 valence electrons. The predicted octanol–water partition coefficient (Wildman–Crippen LogP) is 4.30. The molecule has 3 atom stereocenters. The van der Waals surface area contributed by atoms with Crippen LogP contribution < -0.4 is 0 Å². The molecule has 1 fully saturated rings. The number of rotatable bonds is 3. The molecule has 1 saturated carbocycles. The zero-order valence-electron chi connectivity index (χ0n) is 12.5. The molecule has 0 bridgehead atoms. The third-order valence-electron chi connectivity index (χ3n) is 4.99. The first-order chi connectivity index (χ1) is 10.2. The van der Waals surface area contributed by atoms with E-state index in [-0.39, 0.29) is 0 Å². The molecule has 3 nitrogen and oxygen atoms in total. The number of para-hydroxylation sites is 1. The van der Waals surface area contributed by atoms with Crippen LogP contribution in [-0.2, 0) is 6.42 Å². The first kappa shape index (κ1) is 14.4. The average molecular weight is 302 g/mol. The van der Waals surface area contributed by atoms with Gasteiger partial charge < -0.3 is 4.57 Å². The largest absolute Gasteiger partial charge is 0.325 e. The minimum atomic E-state index is 0.470. The number of nitrogens with zero attached hydrogens (tertiary/aromatic N) is 3. The van der Waals surface area contributed by atoms with Gasteiger partial charge in [0.15, 0.2) is 0 Å². The molecular formula is C17H20ClN3. The average Bonchev–Trinajstić information content (AvgIpc) is 3.00. The van der Waals surface area contributed by atoms with Crippen LogP contribution in [0.25, 0.3) is 11.0 Å². The van der Waals surface area contributed by atoms with E-state index in [1.807, 2.05) is 12.1 Å². The van der Waals surface area contributed by atoms with Crippen molar-refractivity contribution in [2.24, 2.45) is 11.8 Å². The number of fused-ring (bicyclic) bond motifs is 1. The molecule has 0 radical (unpaired) electrons. The Labute approximate surface area is 130 Å². The van der Waals surface area contributed by atoms with Crippen molar-refractivity contribution in [3.05, 3.63) is 29.6 Å². The van der Waals surface area contributed by atoms with Gasteiger partial charge in [-0.3, -0.25) is 0 Å². The van der Waals surface area contributed by atoms with Crippen molar-refractivity contribution in [3.63, 3.8) is 0 Å². The van der Waals surface area contributed by atoms with E-state index >= 15 is 0 Å². The Kier molecular flexibility index (Phi) is 3.91. The van der Waals surface area contributed by atoms with Gasteiger partial charge in [-0.2, -0.15) is 5.26 Å². The van der Waals surface area contributed by atoms with Crippen LogP contribution in [0, 0.1) is 23.2 Å². The second-order valence-corrected chi connectivity index (χ2v) is 6.48. The van der Waals surface area contributed by atoms with Crippen LogP contribution in [0.15, 0.2) is 18.2 Å². The standard InChI is InChI=1S/C17H20ClN3/c1-11-6-7-14(12(11)2)21-15-5-3-4-13(10-19)17(15)20-16(21)8-9-18/h3-5,11-12,14H,6-9H2,1-2H3. The highest BCUT2D eigenvalue weighted by atomic mass is 35.5. The molecule has 4 heteroatoms. The van der Waals surface area contributed by atoms with Crippen molar-refractivity contribution in [1.29, 1.82) is 5.26 Å². The Bertz CT molecular complexity index is 698. The SMILES string of the molecule is CC1CCC(n2c(CCCl)nc3c(C#N)cccc32)C1C. The van der Waals surface area contributed by atoms with E-state index in [0.29, 0.717) is 23.4 Å². The number of imidazole rings is 1. The van der Waals surface area contributed by atoms with Crippen molar-refractivity contribution in [2.45, 2.75) is 39.2 Å². The summed E-state index contributed by atoms with van der Waals surface area (Å²) >= 11 is 5.96. The van der Waals surface area contributed by atoms with Crippen LogP contribution in [0.3, 0.4) is 0 Å². The summed E-state index contributed by atoms with van der Waals surface area (Å²) in [6.07, 6.45) is 3.18. The Morgan fingerprint density at radius 3 is 2.81 bits per heavy atom. The summed E-state index contributed by atoms with van der Waals surface area (Å²) in [5.74, 6) is 2.94. The van der Waals surface area contributed by atoms with E-state index in [2.05, 4.69) is 30.6 Å².